The molecule has 1 aromatic heterocycles. The van der Waals surface area contributed by atoms with E-state index in [1.165, 1.54) is 23.0 Å². The lowest BCUT2D eigenvalue weighted by Crippen LogP contribution is -2.26. The number of non-ortho nitro benzene ring substituents is 1. The molecule has 0 aliphatic carbocycles. The first-order valence-corrected chi connectivity index (χ1v) is 8.18. The van der Waals surface area contributed by atoms with E-state index in [0.717, 1.165) is 0 Å². The molecule has 0 spiro atoms. The van der Waals surface area contributed by atoms with Crippen LogP contribution in [0.1, 0.15) is 28.9 Å². The maximum Gasteiger partial charge on any atom is 0.269 e. The number of aromatic nitrogens is 2. The lowest BCUT2D eigenvalue weighted by Gasteiger charge is -2.13. The van der Waals surface area contributed by atoms with E-state index >= 15 is 0 Å². The third kappa shape index (κ3) is 3.73. The minimum absolute atomic E-state index is 0.0184. The Kier molecular flexibility index (Phi) is 4.99. The number of rotatable bonds is 5. The molecule has 0 aliphatic heterocycles. The second kappa shape index (κ2) is 7.37. The lowest BCUT2D eigenvalue weighted by atomic mass is 10.1. The number of para-hydroxylation sites is 1. The predicted molar refractivity (Wildman–Crippen MR) is 97.6 cm³/mol. The quantitative estimate of drug-likeness (QED) is 0.544. The summed E-state index contributed by atoms with van der Waals surface area (Å²) in [6.07, 6.45) is 3.02. The number of benzene rings is 2. The molecule has 7 nitrogen and oxygen atoms in total. The maximum atomic E-state index is 12.4. The molecule has 1 amide bonds. The second-order valence-electron chi connectivity index (χ2n) is 5.67. The summed E-state index contributed by atoms with van der Waals surface area (Å²) in [4.78, 5) is 22.9. The Morgan fingerprint density at radius 1 is 1.27 bits per heavy atom. The van der Waals surface area contributed by atoms with Gasteiger partial charge in [0.25, 0.3) is 11.6 Å². The Morgan fingerprint density at radius 3 is 2.77 bits per heavy atom. The minimum atomic E-state index is -0.467. The molecular formula is C18H15ClN4O3. The molecule has 0 bridgehead atoms. The summed E-state index contributed by atoms with van der Waals surface area (Å²) >= 11 is 6.14. The Bertz CT molecular complexity index is 970. The number of carbonyl (C=O) groups is 1. The van der Waals surface area contributed by atoms with E-state index < -0.39 is 11.0 Å². The van der Waals surface area contributed by atoms with Crippen molar-refractivity contribution >= 4 is 23.2 Å². The molecule has 3 rings (SSSR count). The number of nitro groups is 1. The first-order valence-electron chi connectivity index (χ1n) is 7.80. The minimum Gasteiger partial charge on any atom is -0.345 e. The van der Waals surface area contributed by atoms with Gasteiger partial charge in [0.15, 0.2) is 0 Å². The van der Waals surface area contributed by atoms with Gasteiger partial charge in [0.1, 0.15) is 0 Å². The van der Waals surface area contributed by atoms with Gasteiger partial charge in [0.2, 0.25) is 0 Å². The molecule has 0 fully saturated rings. The Balaban J connectivity index is 1.75. The zero-order chi connectivity index (χ0) is 18.7. The van der Waals surface area contributed by atoms with Crippen molar-refractivity contribution in [2.24, 2.45) is 0 Å². The number of hydrogen-bond donors (Lipinski definition) is 1. The van der Waals surface area contributed by atoms with Gasteiger partial charge < -0.3 is 5.32 Å². The van der Waals surface area contributed by atoms with Crippen molar-refractivity contribution in [3.05, 3.63) is 87.2 Å². The standard InChI is InChI=1S/C18H15ClN4O3/c1-12(13-5-4-6-15(9-13)23(25)26)21-18(24)14-10-20-22(11-14)17-8-3-2-7-16(17)19/h2-12H,1H3,(H,21,24). The van der Waals surface area contributed by atoms with Crippen LogP contribution in [0.5, 0.6) is 0 Å². The fourth-order valence-corrected chi connectivity index (χ4v) is 2.70. The van der Waals surface area contributed by atoms with Gasteiger partial charge >= 0.3 is 0 Å². The molecular weight excluding hydrogens is 356 g/mol. The molecule has 0 saturated heterocycles. The van der Waals surface area contributed by atoms with E-state index in [0.29, 0.717) is 21.8 Å². The largest absolute Gasteiger partial charge is 0.345 e. The number of amides is 1. The van der Waals surface area contributed by atoms with Gasteiger partial charge in [-0.05, 0) is 24.6 Å². The number of nitrogens with zero attached hydrogens (tertiary/aromatic N) is 3. The van der Waals surface area contributed by atoms with Crippen LogP contribution >= 0.6 is 11.6 Å². The summed E-state index contributed by atoms with van der Waals surface area (Å²) in [6.45, 7) is 1.76. The van der Waals surface area contributed by atoms with E-state index in [2.05, 4.69) is 10.4 Å². The summed E-state index contributed by atoms with van der Waals surface area (Å²) < 4.78 is 1.52. The smallest absolute Gasteiger partial charge is 0.269 e. The first-order chi connectivity index (χ1) is 12.5. The van der Waals surface area contributed by atoms with Gasteiger partial charge in [0, 0.05) is 18.3 Å². The molecule has 2 aromatic carbocycles. The first kappa shape index (κ1) is 17.6. The Morgan fingerprint density at radius 2 is 2.04 bits per heavy atom. The highest BCUT2D eigenvalue weighted by Crippen LogP contribution is 2.21. The number of hydrogen-bond acceptors (Lipinski definition) is 4. The number of halogens is 1. The molecule has 132 valence electrons. The molecule has 26 heavy (non-hydrogen) atoms. The van der Waals surface area contributed by atoms with E-state index in [-0.39, 0.29) is 11.6 Å². The van der Waals surface area contributed by atoms with Gasteiger partial charge in [0.05, 0.1) is 33.4 Å². The van der Waals surface area contributed by atoms with Crippen LogP contribution in [0.4, 0.5) is 5.69 Å². The molecule has 1 heterocycles. The van der Waals surface area contributed by atoms with Crippen molar-refractivity contribution < 1.29 is 9.72 Å². The Labute approximate surface area is 154 Å². The van der Waals surface area contributed by atoms with Crippen molar-refractivity contribution in [1.29, 1.82) is 0 Å². The average Bonchev–Trinajstić information content (AvgIpc) is 3.12. The molecule has 8 heteroatoms. The van der Waals surface area contributed by atoms with Crippen LogP contribution in [-0.2, 0) is 0 Å². The predicted octanol–water partition coefficient (Wildman–Crippen LogP) is 3.92. The molecule has 3 aromatic rings. The zero-order valence-corrected chi connectivity index (χ0v) is 14.6. The van der Waals surface area contributed by atoms with Gasteiger partial charge in [-0.25, -0.2) is 4.68 Å². The molecule has 0 saturated carbocycles. The van der Waals surface area contributed by atoms with Crippen molar-refractivity contribution in [3.63, 3.8) is 0 Å². The van der Waals surface area contributed by atoms with Gasteiger partial charge in [-0.2, -0.15) is 5.10 Å². The van der Waals surface area contributed by atoms with Gasteiger partial charge in [-0.1, -0.05) is 35.9 Å². The fourth-order valence-electron chi connectivity index (χ4n) is 2.48. The van der Waals surface area contributed by atoms with Crippen LogP contribution in [0.3, 0.4) is 0 Å². The van der Waals surface area contributed by atoms with Gasteiger partial charge in [-0.15, -0.1) is 0 Å². The summed E-state index contributed by atoms with van der Waals surface area (Å²) in [6, 6.07) is 12.9. The summed E-state index contributed by atoms with van der Waals surface area (Å²) in [7, 11) is 0. The van der Waals surface area contributed by atoms with Crippen LogP contribution in [0.2, 0.25) is 5.02 Å². The third-order valence-electron chi connectivity index (χ3n) is 3.87. The van der Waals surface area contributed by atoms with Crippen molar-refractivity contribution in [3.8, 4) is 5.69 Å². The van der Waals surface area contributed by atoms with Crippen LogP contribution < -0.4 is 5.32 Å². The van der Waals surface area contributed by atoms with Gasteiger partial charge in [-0.3, -0.25) is 14.9 Å². The monoisotopic (exact) mass is 370 g/mol. The Hall–Kier alpha value is -3.19. The van der Waals surface area contributed by atoms with Crippen molar-refractivity contribution in [1.82, 2.24) is 15.1 Å². The average molecular weight is 371 g/mol. The normalized spacial score (nSPS) is 11.8. The van der Waals surface area contributed by atoms with E-state index in [1.54, 1.807) is 37.4 Å². The summed E-state index contributed by atoms with van der Waals surface area (Å²) in [5.74, 6) is -0.331. The highest BCUT2D eigenvalue weighted by Gasteiger charge is 2.16. The van der Waals surface area contributed by atoms with E-state index in [1.807, 2.05) is 12.1 Å². The molecule has 0 radical (unpaired) electrons. The number of carbonyl (C=O) groups excluding carboxylic acids is 1. The fraction of sp³-hybridized carbons (Fsp3) is 0.111. The summed E-state index contributed by atoms with van der Waals surface area (Å²) in [5, 5.41) is 18.4. The lowest BCUT2D eigenvalue weighted by molar-refractivity contribution is -0.384. The maximum absolute atomic E-state index is 12.4. The highest BCUT2D eigenvalue weighted by molar-refractivity contribution is 6.32. The van der Waals surface area contributed by atoms with Crippen molar-refractivity contribution in [2.45, 2.75) is 13.0 Å². The second-order valence-corrected chi connectivity index (χ2v) is 6.08. The zero-order valence-electron chi connectivity index (χ0n) is 13.8. The number of nitro benzene ring substituents is 1. The van der Waals surface area contributed by atoms with Crippen LogP contribution in [0.15, 0.2) is 60.9 Å². The summed E-state index contributed by atoms with van der Waals surface area (Å²) in [5.41, 5.74) is 1.66. The topological polar surface area (TPSA) is 90.1 Å². The molecule has 1 atom stereocenters. The highest BCUT2D eigenvalue weighted by atomic mass is 35.5. The third-order valence-corrected chi connectivity index (χ3v) is 4.19. The molecule has 1 unspecified atom stereocenters. The van der Waals surface area contributed by atoms with Crippen LogP contribution in [0.25, 0.3) is 5.69 Å². The van der Waals surface area contributed by atoms with E-state index in [9.17, 15) is 14.9 Å². The van der Waals surface area contributed by atoms with E-state index in [4.69, 9.17) is 11.6 Å². The molecule has 1 N–H and O–H groups in total. The van der Waals surface area contributed by atoms with Crippen LogP contribution in [-0.4, -0.2) is 20.6 Å². The SMILES string of the molecule is CC(NC(=O)c1cnn(-c2ccccc2Cl)c1)c1cccc([N+](=O)[O-])c1. The molecule has 0 aliphatic rings. The van der Waals surface area contributed by atoms with Crippen molar-refractivity contribution in [2.75, 3.05) is 0 Å². The van der Waals surface area contributed by atoms with Crippen LogP contribution in [0, 0.1) is 10.1 Å². The number of nitrogens with one attached hydrogen (secondary N) is 1.